The van der Waals surface area contributed by atoms with Gasteiger partial charge in [0, 0.05) is 18.7 Å². The van der Waals surface area contributed by atoms with Crippen LogP contribution in [0.3, 0.4) is 0 Å². The van der Waals surface area contributed by atoms with E-state index in [4.69, 9.17) is 4.74 Å². The van der Waals surface area contributed by atoms with Gasteiger partial charge in [0.1, 0.15) is 0 Å². The summed E-state index contributed by atoms with van der Waals surface area (Å²) < 4.78 is 6.45. The van der Waals surface area contributed by atoms with Crippen molar-refractivity contribution in [3.63, 3.8) is 0 Å². The summed E-state index contributed by atoms with van der Waals surface area (Å²) in [7, 11) is 1.34. The van der Waals surface area contributed by atoms with Gasteiger partial charge in [0.05, 0.1) is 19.2 Å². The highest BCUT2D eigenvalue weighted by atomic mass is 16.5. The van der Waals surface area contributed by atoms with E-state index in [-0.39, 0.29) is 17.3 Å². The number of hydrogen-bond donors (Lipinski definition) is 0. The SMILES string of the molecule is COC(=O)C1=CC(CCCc2ccc(Cn3ccccc3=O)cc2)CC(=O)C=C1. The maximum absolute atomic E-state index is 11.9. The van der Waals surface area contributed by atoms with Gasteiger partial charge in [-0.1, -0.05) is 36.4 Å². The number of esters is 1. The molecular formula is C24H25NO4. The van der Waals surface area contributed by atoms with Gasteiger partial charge in [0.2, 0.25) is 0 Å². The van der Waals surface area contributed by atoms with Crippen LogP contribution in [-0.4, -0.2) is 23.4 Å². The van der Waals surface area contributed by atoms with Crippen LogP contribution in [0.1, 0.15) is 30.4 Å². The molecule has 5 nitrogen and oxygen atoms in total. The van der Waals surface area contributed by atoms with Gasteiger partial charge in [0.15, 0.2) is 5.78 Å². The smallest absolute Gasteiger partial charge is 0.337 e. The van der Waals surface area contributed by atoms with Crippen molar-refractivity contribution in [2.75, 3.05) is 7.11 Å². The van der Waals surface area contributed by atoms with E-state index in [2.05, 4.69) is 12.1 Å². The molecule has 1 unspecified atom stereocenters. The van der Waals surface area contributed by atoms with Gasteiger partial charge in [-0.05, 0) is 54.5 Å². The number of hydrogen-bond acceptors (Lipinski definition) is 4. The molecule has 0 bridgehead atoms. The molecule has 0 aliphatic heterocycles. The van der Waals surface area contributed by atoms with E-state index in [9.17, 15) is 14.4 Å². The number of carbonyl (C=O) groups is 2. The number of carbonyl (C=O) groups excluding carboxylic acids is 2. The number of pyridine rings is 1. The number of nitrogens with zero attached hydrogens (tertiary/aromatic N) is 1. The molecule has 29 heavy (non-hydrogen) atoms. The van der Waals surface area contributed by atoms with Gasteiger partial charge in [-0.15, -0.1) is 0 Å². The maximum Gasteiger partial charge on any atom is 0.337 e. The Morgan fingerprint density at radius 3 is 2.55 bits per heavy atom. The minimum absolute atomic E-state index is 0.0107. The monoisotopic (exact) mass is 391 g/mol. The van der Waals surface area contributed by atoms with Crippen molar-refractivity contribution >= 4 is 11.8 Å². The van der Waals surface area contributed by atoms with Gasteiger partial charge in [-0.3, -0.25) is 9.59 Å². The van der Waals surface area contributed by atoms with E-state index < -0.39 is 5.97 Å². The number of ketones is 1. The number of aryl methyl sites for hydroxylation is 1. The third kappa shape index (κ3) is 5.88. The van der Waals surface area contributed by atoms with Crippen molar-refractivity contribution in [2.24, 2.45) is 5.92 Å². The molecule has 1 aromatic carbocycles. The summed E-state index contributed by atoms with van der Waals surface area (Å²) in [6.45, 7) is 0.554. The summed E-state index contributed by atoms with van der Waals surface area (Å²) in [4.78, 5) is 35.5. The summed E-state index contributed by atoms with van der Waals surface area (Å²) in [6, 6.07) is 13.4. The van der Waals surface area contributed by atoms with Crippen molar-refractivity contribution < 1.29 is 14.3 Å². The zero-order valence-electron chi connectivity index (χ0n) is 16.5. The van der Waals surface area contributed by atoms with Crippen LogP contribution in [0.4, 0.5) is 0 Å². The van der Waals surface area contributed by atoms with Gasteiger partial charge in [0.25, 0.3) is 5.56 Å². The van der Waals surface area contributed by atoms with Crippen LogP contribution in [0, 0.1) is 5.92 Å². The molecule has 150 valence electrons. The Balaban J connectivity index is 1.55. The van der Waals surface area contributed by atoms with Gasteiger partial charge >= 0.3 is 5.97 Å². The molecule has 3 rings (SSSR count). The van der Waals surface area contributed by atoms with Crippen molar-refractivity contribution in [1.82, 2.24) is 4.57 Å². The summed E-state index contributed by atoms with van der Waals surface area (Å²) in [5.74, 6) is -0.337. The number of benzene rings is 1. The summed E-state index contributed by atoms with van der Waals surface area (Å²) in [5, 5.41) is 0. The van der Waals surface area contributed by atoms with E-state index in [0.29, 0.717) is 18.5 Å². The quantitative estimate of drug-likeness (QED) is 0.678. The van der Waals surface area contributed by atoms with E-state index >= 15 is 0 Å². The lowest BCUT2D eigenvalue weighted by atomic mass is 9.94. The minimum Gasteiger partial charge on any atom is -0.465 e. The van der Waals surface area contributed by atoms with Crippen LogP contribution < -0.4 is 5.56 Å². The Hall–Kier alpha value is -3.21. The van der Waals surface area contributed by atoms with E-state index in [1.54, 1.807) is 29.0 Å². The minimum atomic E-state index is -0.408. The Bertz CT molecular complexity index is 982. The zero-order valence-corrected chi connectivity index (χ0v) is 16.5. The second kappa shape index (κ2) is 9.82. The van der Waals surface area contributed by atoms with Crippen molar-refractivity contribution in [3.05, 3.63) is 93.9 Å². The number of allylic oxidation sites excluding steroid dienone is 2. The Kier molecular flexibility index (Phi) is 6.95. The van der Waals surface area contributed by atoms with Crippen molar-refractivity contribution in [1.29, 1.82) is 0 Å². The van der Waals surface area contributed by atoms with E-state index in [1.165, 1.54) is 18.7 Å². The number of ether oxygens (including phenoxy) is 1. The molecule has 0 radical (unpaired) electrons. The second-order valence-electron chi connectivity index (χ2n) is 7.25. The first-order chi connectivity index (χ1) is 14.0. The van der Waals surface area contributed by atoms with Crippen LogP contribution in [0.2, 0.25) is 0 Å². The largest absolute Gasteiger partial charge is 0.465 e. The molecule has 0 saturated carbocycles. The highest BCUT2D eigenvalue weighted by molar-refractivity contribution is 5.97. The first-order valence-corrected chi connectivity index (χ1v) is 9.79. The molecule has 0 spiro atoms. The molecule has 0 amide bonds. The summed E-state index contributed by atoms with van der Waals surface area (Å²) in [5.41, 5.74) is 2.73. The maximum atomic E-state index is 11.9. The molecule has 1 aromatic heterocycles. The standard InChI is InChI=1S/C24H25NO4/c1-29-24(28)21-12-13-22(26)16-20(15-21)6-4-5-18-8-10-19(11-9-18)17-25-14-3-2-7-23(25)27/h2-3,7-15,20H,4-6,16-17H2,1H3. The van der Waals surface area contributed by atoms with Crippen LogP contribution in [0.15, 0.2) is 77.3 Å². The highest BCUT2D eigenvalue weighted by Crippen LogP contribution is 2.22. The first-order valence-electron chi connectivity index (χ1n) is 9.79. The van der Waals surface area contributed by atoms with Crippen molar-refractivity contribution in [3.8, 4) is 0 Å². The fourth-order valence-electron chi connectivity index (χ4n) is 3.48. The van der Waals surface area contributed by atoms with Crippen LogP contribution >= 0.6 is 0 Å². The second-order valence-corrected chi connectivity index (χ2v) is 7.25. The fraction of sp³-hybridized carbons (Fsp3) is 0.292. The van der Waals surface area contributed by atoms with Gasteiger partial charge < -0.3 is 9.30 Å². The molecule has 0 fully saturated rings. The molecule has 5 heteroatoms. The first kappa shape index (κ1) is 20.5. The summed E-state index contributed by atoms with van der Waals surface area (Å²) >= 11 is 0. The third-order valence-corrected chi connectivity index (χ3v) is 5.06. The lowest BCUT2D eigenvalue weighted by molar-refractivity contribution is -0.135. The fourth-order valence-corrected chi connectivity index (χ4v) is 3.48. The molecule has 2 aromatic rings. The normalized spacial score (nSPS) is 16.2. The number of rotatable bonds is 7. The Morgan fingerprint density at radius 2 is 1.83 bits per heavy atom. The van der Waals surface area contributed by atoms with E-state index in [1.807, 2.05) is 24.3 Å². The molecular weight excluding hydrogens is 366 g/mol. The molecule has 0 saturated heterocycles. The topological polar surface area (TPSA) is 65.4 Å². The lowest BCUT2D eigenvalue weighted by Gasteiger charge is -2.11. The average Bonchev–Trinajstić information content (AvgIpc) is 2.91. The van der Waals surface area contributed by atoms with Crippen molar-refractivity contribution in [2.45, 2.75) is 32.2 Å². The van der Waals surface area contributed by atoms with Crippen LogP contribution in [0.25, 0.3) is 0 Å². The van der Waals surface area contributed by atoms with Crippen LogP contribution in [0.5, 0.6) is 0 Å². The lowest BCUT2D eigenvalue weighted by Crippen LogP contribution is -2.18. The highest BCUT2D eigenvalue weighted by Gasteiger charge is 2.17. The number of methoxy groups -OCH3 is 1. The van der Waals surface area contributed by atoms with E-state index in [0.717, 1.165) is 24.8 Å². The Labute approximate surface area is 170 Å². The molecule has 1 aliphatic carbocycles. The molecule has 1 aliphatic rings. The predicted molar refractivity (Wildman–Crippen MR) is 112 cm³/mol. The number of aromatic nitrogens is 1. The summed E-state index contributed by atoms with van der Waals surface area (Å²) in [6.07, 6.45) is 9.70. The molecule has 1 atom stereocenters. The molecule has 0 N–H and O–H groups in total. The molecule has 1 heterocycles. The van der Waals surface area contributed by atoms with Crippen LogP contribution in [-0.2, 0) is 27.3 Å². The third-order valence-electron chi connectivity index (χ3n) is 5.06. The Morgan fingerprint density at radius 1 is 1.07 bits per heavy atom. The zero-order chi connectivity index (χ0) is 20.6. The average molecular weight is 391 g/mol. The van der Waals surface area contributed by atoms with Gasteiger partial charge in [-0.25, -0.2) is 4.79 Å². The predicted octanol–water partition coefficient (Wildman–Crippen LogP) is 3.46. The van der Waals surface area contributed by atoms with Gasteiger partial charge in [-0.2, -0.15) is 0 Å².